The van der Waals surface area contributed by atoms with Crippen LogP contribution in [0.1, 0.15) is 28.3 Å². The van der Waals surface area contributed by atoms with Crippen molar-refractivity contribution >= 4 is 40.4 Å². The number of hydrogen-bond donors (Lipinski definition) is 1. The normalized spacial score (nSPS) is 19.6. The summed E-state index contributed by atoms with van der Waals surface area (Å²) in [6.07, 6.45) is -5.50. The number of amides is 4. The van der Waals surface area contributed by atoms with Gasteiger partial charge in [0.2, 0.25) is 5.91 Å². The average molecular weight is 695 g/mol. The summed E-state index contributed by atoms with van der Waals surface area (Å²) < 4.78 is 53.8. The molecule has 0 unspecified atom stereocenters. The smallest absolute Gasteiger partial charge is 0.333 e. The molecule has 2 atom stereocenters. The summed E-state index contributed by atoms with van der Waals surface area (Å²) >= 11 is 2.03. The molecule has 0 aliphatic carbocycles. The van der Waals surface area contributed by atoms with Crippen LogP contribution in [0.5, 0.6) is 0 Å². The summed E-state index contributed by atoms with van der Waals surface area (Å²) in [6.45, 7) is -0.352. The molecule has 2 fully saturated rings. The van der Waals surface area contributed by atoms with Crippen LogP contribution in [0.25, 0.3) is 0 Å². The Balaban J connectivity index is 1.49. The second kappa shape index (κ2) is 12.3. The van der Waals surface area contributed by atoms with Gasteiger partial charge in [0.15, 0.2) is 0 Å². The largest absolute Gasteiger partial charge is 0.416 e. The van der Waals surface area contributed by atoms with Gasteiger partial charge in [0.05, 0.1) is 23.2 Å². The third-order valence-electron chi connectivity index (χ3n) is 7.17. The number of hydrazine groups is 1. The van der Waals surface area contributed by atoms with Gasteiger partial charge in [-0.05, 0) is 41.0 Å². The van der Waals surface area contributed by atoms with E-state index in [2.05, 4.69) is 5.32 Å². The number of halogens is 5. The van der Waals surface area contributed by atoms with Crippen LogP contribution in [-0.2, 0) is 28.9 Å². The predicted molar refractivity (Wildman–Crippen MR) is 153 cm³/mol. The molecule has 2 saturated heterocycles. The van der Waals surface area contributed by atoms with E-state index >= 15 is 0 Å². The maximum absolute atomic E-state index is 13.9. The van der Waals surface area contributed by atoms with Gasteiger partial charge in [-0.25, -0.2) is 14.2 Å². The predicted octanol–water partition coefficient (Wildman–Crippen LogP) is 4.92. The monoisotopic (exact) mass is 695 g/mol. The van der Waals surface area contributed by atoms with Crippen LogP contribution in [0.4, 0.5) is 22.4 Å². The highest BCUT2D eigenvalue weighted by Crippen LogP contribution is 2.36. The second-order valence-corrected chi connectivity index (χ2v) is 10.6. The first-order chi connectivity index (χ1) is 20.1. The molecular formula is C29H26F4IN5O3. The highest BCUT2D eigenvalue weighted by atomic mass is 127. The van der Waals surface area contributed by atoms with E-state index < -0.39 is 41.7 Å². The molecule has 0 bridgehead atoms. The van der Waals surface area contributed by atoms with Crippen LogP contribution in [0.15, 0.2) is 78.9 Å². The van der Waals surface area contributed by atoms with E-state index in [1.54, 1.807) is 47.5 Å². The lowest BCUT2D eigenvalue weighted by Gasteiger charge is -2.54. The fourth-order valence-electron chi connectivity index (χ4n) is 5.22. The van der Waals surface area contributed by atoms with E-state index in [1.165, 1.54) is 39.1 Å². The minimum Gasteiger partial charge on any atom is -0.333 e. The molecule has 3 aromatic rings. The van der Waals surface area contributed by atoms with Gasteiger partial charge in [-0.15, -0.1) is 0 Å². The minimum atomic E-state index is -4.55. The third kappa shape index (κ3) is 6.21. The second-order valence-electron chi connectivity index (χ2n) is 9.93. The number of carbonyl (C=O) groups is 3. The first-order valence-corrected chi connectivity index (χ1v) is 14.5. The molecule has 42 heavy (non-hydrogen) atoms. The highest BCUT2D eigenvalue weighted by Gasteiger charge is 2.51. The van der Waals surface area contributed by atoms with Gasteiger partial charge in [0.1, 0.15) is 18.0 Å². The molecule has 0 aromatic heterocycles. The van der Waals surface area contributed by atoms with Crippen molar-refractivity contribution < 1.29 is 31.9 Å². The molecular weight excluding hydrogens is 669 g/mol. The lowest BCUT2D eigenvalue weighted by Crippen LogP contribution is -2.74. The minimum absolute atomic E-state index is 0.0837. The molecule has 1 N–H and O–H groups in total. The Morgan fingerprint density at radius 1 is 0.952 bits per heavy atom. The van der Waals surface area contributed by atoms with Crippen LogP contribution < -0.4 is 5.32 Å². The molecule has 8 nitrogen and oxygen atoms in total. The maximum Gasteiger partial charge on any atom is 0.416 e. The summed E-state index contributed by atoms with van der Waals surface area (Å²) in [7, 11) is 0. The summed E-state index contributed by atoms with van der Waals surface area (Å²) in [4.78, 5) is 43.9. The van der Waals surface area contributed by atoms with Crippen molar-refractivity contribution in [2.75, 3.05) is 17.6 Å². The Hall–Kier alpha value is -3.72. The van der Waals surface area contributed by atoms with Gasteiger partial charge < -0.3 is 15.1 Å². The van der Waals surface area contributed by atoms with Gasteiger partial charge in [-0.2, -0.15) is 18.2 Å². The molecule has 220 valence electrons. The zero-order valence-electron chi connectivity index (χ0n) is 22.1. The van der Waals surface area contributed by atoms with E-state index in [4.69, 9.17) is 0 Å². The van der Waals surface area contributed by atoms with Crippen molar-refractivity contribution in [3.05, 3.63) is 107 Å². The van der Waals surface area contributed by atoms with Crippen LogP contribution in [-0.4, -0.2) is 61.5 Å². The number of rotatable bonds is 6. The maximum atomic E-state index is 13.9. The number of alkyl halides is 4. The Kier molecular flexibility index (Phi) is 8.68. The summed E-state index contributed by atoms with van der Waals surface area (Å²) in [5.74, 6) is -1.23. The number of carbonyl (C=O) groups excluding carboxylic acids is 3. The lowest BCUT2D eigenvalue weighted by atomic mass is 9.98. The van der Waals surface area contributed by atoms with E-state index in [0.717, 1.165) is 12.1 Å². The SMILES string of the molecule is O=C1[C@H](c2ccccc2)N2C(=O)CN(CI)N(C(=O)NCc3ccc(F)cc3)[C@H]2CN1Cc1cccc(C(F)(F)F)c1. The Morgan fingerprint density at radius 3 is 2.33 bits per heavy atom. The number of hydrogen-bond acceptors (Lipinski definition) is 4. The zero-order chi connectivity index (χ0) is 30.0. The van der Waals surface area contributed by atoms with Gasteiger partial charge in [0, 0.05) is 13.1 Å². The van der Waals surface area contributed by atoms with Crippen molar-refractivity contribution in [2.24, 2.45) is 0 Å². The molecule has 13 heteroatoms. The van der Waals surface area contributed by atoms with Gasteiger partial charge in [-0.1, -0.05) is 77.2 Å². The average Bonchev–Trinajstić information content (AvgIpc) is 2.97. The zero-order valence-corrected chi connectivity index (χ0v) is 24.3. The molecule has 3 aromatic carbocycles. The number of benzene rings is 3. The standard InChI is InChI=1S/C29H26F4IN5O3/c30-23-11-9-19(10-12-23)14-35-28(42)39-24-16-36(15-20-5-4-8-22(13-20)29(31,32)33)27(41)26(21-6-2-1-3-7-21)38(24)25(40)17-37(39)18-34/h1-13,24,26H,14-18H2,(H,35,42)/t24-,26-/m0/s1. The van der Waals surface area contributed by atoms with Crippen molar-refractivity contribution in [1.29, 1.82) is 0 Å². The molecule has 5 rings (SSSR count). The molecule has 2 aliphatic heterocycles. The lowest BCUT2D eigenvalue weighted by molar-refractivity contribution is -0.188. The van der Waals surface area contributed by atoms with Crippen molar-refractivity contribution in [3.8, 4) is 0 Å². The van der Waals surface area contributed by atoms with Crippen molar-refractivity contribution in [3.63, 3.8) is 0 Å². The highest BCUT2D eigenvalue weighted by molar-refractivity contribution is 14.1. The third-order valence-corrected chi connectivity index (χ3v) is 7.95. The molecule has 0 spiro atoms. The number of nitrogens with one attached hydrogen (secondary N) is 1. The molecule has 2 heterocycles. The van der Waals surface area contributed by atoms with E-state index in [1.807, 2.05) is 22.6 Å². The molecule has 2 aliphatic rings. The first-order valence-electron chi connectivity index (χ1n) is 13.0. The molecule has 4 amide bonds. The Labute approximate surface area is 253 Å². The Morgan fingerprint density at radius 2 is 1.67 bits per heavy atom. The van der Waals surface area contributed by atoms with Crippen molar-refractivity contribution in [1.82, 2.24) is 25.1 Å². The quantitative estimate of drug-likeness (QED) is 0.172. The van der Waals surface area contributed by atoms with Crippen LogP contribution in [0.3, 0.4) is 0 Å². The van der Waals surface area contributed by atoms with Crippen LogP contribution >= 0.6 is 22.6 Å². The summed E-state index contributed by atoms with van der Waals surface area (Å²) in [5.41, 5.74) is 0.599. The van der Waals surface area contributed by atoms with Crippen LogP contribution in [0, 0.1) is 5.82 Å². The van der Waals surface area contributed by atoms with E-state index in [9.17, 15) is 31.9 Å². The number of urea groups is 1. The molecule has 0 saturated carbocycles. The summed E-state index contributed by atoms with van der Waals surface area (Å²) in [5, 5.41) is 5.76. The van der Waals surface area contributed by atoms with E-state index in [-0.39, 0.29) is 42.2 Å². The van der Waals surface area contributed by atoms with Gasteiger partial charge in [-0.3, -0.25) is 9.59 Å². The topological polar surface area (TPSA) is 76.2 Å². The number of fused-ring (bicyclic) bond motifs is 1. The van der Waals surface area contributed by atoms with E-state index in [0.29, 0.717) is 11.1 Å². The fraction of sp³-hybridized carbons (Fsp3) is 0.276. The molecule has 0 radical (unpaired) electrons. The van der Waals surface area contributed by atoms with Crippen molar-refractivity contribution in [2.45, 2.75) is 31.5 Å². The Bertz CT molecular complexity index is 1460. The number of nitrogens with zero attached hydrogens (tertiary/aromatic N) is 4. The number of piperazine rings is 1. The van der Waals surface area contributed by atoms with Gasteiger partial charge in [0.25, 0.3) is 5.91 Å². The first kappa shape index (κ1) is 29.8. The van der Waals surface area contributed by atoms with Gasteiger partial charge >= 0.3 is 12.2 Å². The van der Waals surface area contributed by atoms with Crippen LogP contribution in [0.2, 0.25) is 0 Å². The summed E-state index contributed by atoms with van der Waals surface area (Å²) in [6, 6.07) is 17.4. The fourth-order valence-corrected chi connectivity index (χ4v) is 5.79.